The fourth-order valence-corrected chi connectivity index (χ4v) is 4.25. The summed E-state index contributed by atoms with van der Waals surface area (Å²) in [7, 11) is 0. The van der Waals surface area contributed by atoms with Gasteiger partial charge in [-0.3, -0.25) is 4.90 Å². The third-order valence-corrected chi connectivity index (χ3v) is 5.52. The van der Waals surface area contributed by atoms with Gasteiger partial charge in [0.2, 0.25) is 0 Å². The first-order valence-electron chi connectivity index (χ1n) is 8.68. The van der Waals surface area contributed by atoms with Crippen LogP contribution in [0.5, 0.6) is 5.75 Å². The predicted molar refractivity (Wildman–Crippen MR) is 108 cm³/mol. The van der Waals surface area contributed by atoms with Crippen molar-refractivity contribution in [1.29, 1.82) is 5.26 Å². The van der Waals surface area contributed by atoms with Crippen LogP contribution >= 0.6 is 23.4 Å². The van der Waals surface area contributed by atoms with Gasteiger partial charge < -0.3 is 15.2 Å². The minimum Gasteiger partial charge on any atom is -0.492 e. The molecular weight excluding hydrogens is 400 g/mol. The van der Waals surface area contributed by atoms with Crippen LogP contribution in [0, 0.1) is 11.3 Å². The lowest BCUT2D eigenvalue weighted by Gasteiger charge is -2.35. The zero-order valence-electron chi connectivity index (χ0n) is 15.7. The molecule has 0 fully saturated rings. The molecule has 0 unspecified atom stereocenters. The Balaban J connectivity index is 2.16. The van der Waals surface area contributed by atoms with E-state index < -0.39 is 12.0 Å². The average molecular weight is 419 g/mol. The molecule has 1 aromatic rings. The van der Waals surface area contributed by atoms with E-state index in [0.29, 0.717) is 44.3 Å². The number of carbonyl (C=O) groups excluding carboxylic acids is 1. The largest absolute Gasteiger partial charge is 0.492 e. The number of nitrogens with two attached hydrogens (primary N) is 1. The van der Waals surface area contributed by atoms with Crippen molar-refractivity contribution < 1.29 is 14.3 Å². The number of benzene rings is 1. The fourth-order valence-electron chi connectivity index (χ4n) is 3.09. The van der Waals surface area contributed by atoms with Crippen LogP contribution in [0.1, 0.15) is 32.4 Å². The molecule has 0 saturated carbocycles. The van der Waals surface area contributed by atoms with Crippen LogP contribution in [0.4, 0.5) is 0 Å². The van der Waals surface area contributed by atoms with Crippen LogP contribution in [0.2, 0.25) is 5.02 Å². The highest BCUT2D eigenvalue weighted by Gasteiger charge is 2.42. The molecule has 0 radical (unpaired) electrons. The lowest BCUT2D eigenvalue weighted by atomic mass is 9.94. The maximum absolute atomic E-state index is 12.7. The normalized spacial score (nSPS) is 18.6. The van der Waals surface area contributed by atoms with Crippen molar-refractivity contribution in [3.63, 3.8) is 0 Å². The topological polar surface area (TPSA) is 101 Å². The Hall–Kier alpha value is -2.63. The van der Waals surface area contributed by atoms with Gasteiger partial charge in [0, 0.05) is 0 Å². The molecule has 2 aliphatic rings. The van der Waals surface area contributed by atoms with Crippen LogP contribution in [-0.2, 0) is 9.53 Å². The van der Waals surface area contributed by atoms with Gasteiger partial charge >= 0.3 is 5.97 Å². The summed E-state index contributed by atoms with van der Waals surface area (Å²) >= 11 is 7.55. The van der Waals surface area contributed by atoms with Crippen molar-refractivity contribution in [2.45, 2.75) is 26.8 Å². The molecule has 9 heteroatoms. The van der Waals surface area contributed by atoms with Gasteiger partial charge in [0.05, 0.1) is 35.5 Å². The summed E-state index contributed by atoms with van der Waals surface area (Å²) in [5.74, 6) is 0.310. The number of rotatable bonds is 5. The Kier molecular flexibility index (Phi) is 5.87. The van der Waals surface area contributed by atoms with Crippen molar-refractivity contribution in [3.8, 4) is 11.8 Å². The first-order valence-corrected chi connectivity index (χ1v) is 9.88. The number of hydrogen-bond acceptors (Lipinski definition) is 8. The van der Waals surface area contributed by atoms with E-state index in [1.54, 1.807) is 30.9 Å². The maximum atomic E-state index is 12.7. The number of allylic oxidation sites excluding steroid dienone is 2. The van der Waals surface area contributed by atoms with Crippen LogP contribution in [0.3, 0.4) is 0 Å². The monoisotopic (exact) mass is 418 g/mol. The molecule has 28 heavy (non-hydrogen) atoms. The molecule has 0 bridgehead atoms. The molecule has 1 atom stereocenters. The van der Waals surface area contributed by atoms with Crippen molar-refractivity contribution in [2.24, 2.45) is 10.7 Å². The number of nitrogens with zero attached hydrogens (tertiary/aromatic N) is 3. The molecule has 0 aromatic heterocycles. The second-order valence-electron chi connectivity index (χ2n) is 5.94. The second-order valence-corrected chi connectivity index (χ2v) is 7.32. The van der Waals surface area contributed by atoms with Gasteiger partial charge in [0.1, 0.15) is 22.5 Å². The molecule has 2 N–H and O–H groups in total. The Morgan fingerprint density at radius 2 is 2.18 bits per heavy atom. The predicted octanol–water partition coefficient (Wildman–Crippen LogP) is 3.69. The highest BCUT2D eigenvalue weighted by Crippen LogP contribution is 2.46. The molecular formula is C19H19ClN4O3S. The Labute approximate surface area is 172 Å². The van der Waals surface area contributed by atoms with Gasteiger partial charge in [-0.1, -0.05) is 17.7 Å². The maximum Gasteiger partial charge on any atom is 0.338 e. The van der Waals surface area contributed by atoms with Crippen LogP contribution in [0.25, 0.3) is 0 Å². The summed E-state index contributed by atoms with van der Waals surface area (Å²) in [4.78, 5) is 19.2. The van der Waals surface area contributed by atoms with Crippen LogP contribution in [-0.4, -0.2) is 29.3 Å². The summed E-state index contributed by atoms with van der Waals surface area (Å²) in [6.45, 7) is 6.06. The van der Waals surface area contributed by atoms with Gasteiger partial charge in [-0.15, -0.1) is 0 Å². The number of ether oxygens (including phenoxy) is 2. The van der Waals surface area contributed by atoms with Gasteiger partial charge in [-0.2, -0.15) is 5.26 Å². The molecule has 0 saturated heterocycles. The summed E-state index contributed by atoms with van der Waals surface area (Å²) in [6, 6.07) is 6.76. The molecule has 2 heterocycles. The zero-order valence-corrected chi connectivity index (χ0v) is 17.2. The van der Waals surface area contributed by atoms with E-state index in [2.05, 4.69) is 11.1 Å². The van der Waals surface area contributed by atoms with Gasteiger partial charge in [-0.05, 0) is 50.2 Å². The average Bonchev–Trinajstić information content (AvgIpc) is 2.98. The summed E-state index contributed by atoms with van der Waals surface area (Å²) in [5, 5.41) is 10.3. The third kappa shape index (κ3) is 3.43. The highest BCUT2D eigenvalue weighted by molar-refractivity contribution is 8.17. The van der Waals surface area contributed by atoms with E-state index in [0.717, 1.165) is 0 Å². The lowest BCUT2D eigenvalue weighted by molar-refractivity contribution is -0.139. The Morgan fingerprint density at radius 3 is 2.79 bits per heavy atom. The third-order valence-electron chi connectivity index (χ3n) is 4.24. The number of hydrogen-bond donors (Lipinski definition) is 1. The molecule has 0 aliphatic carbocycles. The van der Waals surface area contributed by atoms with E-state index in [1.807, 2.05) is 13.0 Å². The minimum atomic E-state index is -0.613. The number of nitriles is 1. The van der Waals surface area contributed by atoms with Crippen LogP contribution < -0.4 is 10.5 Å². The summed E-state index contributed by atoms with van der Waals surface area (Å²) < 4.78 is 10.8. The van der Waals surface area contributed by atoms with E-state index in [9.17, 15) is 10.1 Å². The number of fused-ring (bicyclic) bond motifs is 1. The van der Waals surface area contributed by atoms with Crippen molar-refractivity contribution in [2.75, 3.05) is 13.2 Å². The molecule has 0 spiro atoms. The first-order chi connectivity index (χ1) is 13.4. The molecule has 0 amide bonds. The molecule has 3 rings (SSSR count). The first kappa shape index (κ1) is 20.1. The van der Waals surface area contributed by atoms with E-state index >= 15 is 0 Å². The van der Waals surface area contributed by atoms with E-state index in [-0.39, 0.29) is 12.4 Å². The van der Waals surface area contributed by atoms with Crippen molar-refractivity contribution in [3.05, 3.63) is 50.8 Å². The number of carbonyl (C=O) groups is 1. The number of aliphatic imine (C=N–C) groups is 1. The van der Waals surface area contributed by atoms with Gasteiger partial charge in [0.25, 0.3) is 0 Å². The Morgan fingerprint density at radius 1 is 1.43 bits per heavy atom. The second kappa shape index (κ2) is 8.17. The smallest absolute Gasteiger partial charge is 0.338 e. The van der Waals surface area contributed by atoms with Crippen LogP contribution in [0.15, 0.2) is 45.2 Å². The number of thioether (sulfide) groups is 1. The summed E-state index contributed by atoms with van der Waals surface area (Å²) in [6.07, 6.45) is 0. The quantitative estimate of drug-likeness (QED) is 0.727. The van der Waals surface area contributed by atoms with Gasteiger partial charge in [0.15, 0.2) is 5.17 Å². The lowest BCUT2D eigenvalue weighted by Crippen LogP contribution is -2.38. The molecule has 146 valence electrons. The Bertz CT molecular complexity index is 964. The highest BCUT2D eigenvalue weighted by atomic mass is 35.5. The van der Waals surface area contributed by atoms with Crippen molar-refractivity contribution >= 4 is 34.5 Å². The van der Waals surface area contributed by atoms with Crippen molar-refractivity contribution in [1.82, 2.24) is 4.90 Å². The number of esters is 1. The zero-order chi connectivity index (χ0) is 20.4. The van der Waals surface area contributed by atoms with E-state index in [1.165, 1.54) is 11.8 Å². The number of halogens is 1. The van der Waals surface area contributed by atoms with E-state index in [4.69, 9.17) is 26.8 Å². The fraction of sp³-hybridized carbons (Fsp3) is 0.316. The SMILES string of the molecule is CCOC(=O)C1=C(C)N=C2SC(C#N)=C(N)N2[C@@H]1c1ccc(OCC)c(Cl)c1. The number of amidine groups is 1. The molecule has 7 nitrogen and oxygen atoms in total. The molecule has 1 aromatic carbocycles. The minimum absolute atomic E-state index is 0.229. The van der Waals surface area contributed by atoms with Gasteiger partial charge in [-0.25, -0.2) is 9.79 Å². The standard InChI is InChI=1S/C19H19ClN4O3S/c1-4-26-13-7-6-11(8-12(13)20)16-15(18(25)27-5-2)10(3)23-19-24(16)17(22)14(9-21)28-19/h6-8,16H,4-5,22H2,1-3H3/t16-/m1/s1. The molecule has 2 aliphatic heterocycles. The summed E-state index contributed by atoms with van der Waals surface area (Å²) in [5.41, 5.74) is 7.80.